The first-order valence-electron chi connectivity index (χ1n) is 6.60. The van der Waals surface area contributed by atoms with Gasteiger partial charge in [-0.3, -0.25) is 4.79 Å². The van der Waals surface area contributed by atoms with E-state index in [4.69, 9.17) is 11.6 Å². The maximum absolute atomic E-state index is 12.5. The smallest absolute Gasteiger partial charge is 0.167 e. The summed E-state index contributed by atoms with van der Waals surface area (Å²) in [4.78, 5) is 12.5. The van der Waals surface area contributed by atoms with Crippen molar-refractivity contribution in [1.82, 2.24) is 0 Å². The molecule has 0 amide bonds. The van der Waals surface area contributed by atoms with E-state index in [9.17, 15) is 4.79 Å². The van der Waals surface area contributed by atoms with E-state index < -0.39 is 0 Å². The first kappa shape index (κ1) is 14.5. The minimum absolute atomic E-state index is 0.0876. The van der Waals surface area contributed by atoms with Gasteiger partial charge < -0.3 is 0 Å². The van der Waals surface area contributed by atoms with E-state index in [2.05, 4.69) is 40.8 Å². The molecule has 3 rings (SSSR count). The standard InChI is InChI=1S/C18H12ClIO/c19-16-10-14(8-9-17(16)20)18(21)11-13-6-3-5-12-4-1-2-7-15(12)13/h1-10H,11H2. The largest absolute Gasteiger partial charge is 0.294 e. The lowest BCUT2D eigenvalue weighted by Crippen LogP contribution is -2.04. The molecule has 0 heterocycles. The molecule has 0 saturated carbocycles. The molecular formula is C18H12ClIO. The summed E-state index contributed by atoms with van der Waals surface area (Å²) in [7, 11) is 0. The van der Waals surface area contributed by atoms with Crippen molar-refractivity contribution < 1.29 is 4.79 Å². The molecule has 21 heavy (non-hydrogen) atoms. The van der Waals surface area contributed by atoms with Crippen molar-refractivity contribution in [3.63, 3.8) is 0 Å². The van der Waals surface area contributed by atoms with E-state index in [1.807, 2.05) is 36.4 Å². The number of carbonyl (C=O) groups is 1. The molecule has 3 heteroatoms. The third kappa shape index (κ3) is 3.11. The Balaban J connectivity index is 1.94. The lowest BCUT2D eigenvalue weighted by Gasteiger charge is -2.07. The highest BCUT2D eigenvalue weighted by Gasteiger charge is 2.10. The fraction of sp³-hybridized carbons (Fsp3) is 0.0556. The number of ketones is 1. The van der Waals surface area contributed by atoms with Crippen LogP contribution in [0.3, 0.4) is 0 Å². The van der Waals surface area contributed by atoms with Crippen molar-refractivity contribution in [2.24, 2.45) is 0 Å². The number of rotatable bonds is 3. The van der Waals surface area contributed by atoms with Crippen LogP contribution < -0.4 is 0 Å². The van der Waals surface area contributed by atoms with Crippen LogP contribution in [0.5, 0.6) is 0 Å². The van der Waals surface area contributed by atoms with E-state index >= 15 is 0 Å². The van der Waals surface area contributed by atoms with Gasteiger partial charge in [0.2, 0.25) is 0 Å². The van der Waals surface area contributed by atoms with Gasteiger partial charge in [-0.15, -0.1) is 0 Å². The molecular weight excluding hydrogens is 395 g/mol. The average molecular weight is 407 g/mol. The number of Topliss-reactive ketones (excluding diaryl/α,β-unsaturated/α-hetero) is 1. The van der Waals surface area contributed by atoms with E-state index in [-0.39, 0.29) is 5.78 Å². The fourth-order valence-electron chi connectivity index (χ4n) is 2.39. The Kier molecular flexibility index (Phi) is 4.27. The van der Waals surface area contributed by atoms with Crippen LogP contribution in [0.2, 0.25) is 5.02 Å². The molecule has 0 fully saturated rings. The number of hydrogen-bond acceptors (Lipinski definition) is 1. The number of halogens is 2. The zero-order valence-electron chi connectivity index (χ0n) is 11.1. The van der Waals surface area contributed by atoms with E-state index in [0.29, 0.717) is 17.0 Å². The predicted molar refractivity (Wildman–Crippen MR) is 96.2 cm³/mol. The Morgan fingerprint density at radius 3 is 2.57 bits per heavy atom. The molecule has 1 nitrogen and oxygen atoms in total. The van der Waals surface area contributed by atoms with Crippen LogP contribution in [0.15, 0.2) is 60.7 Å². The van der Waals surface area contributed by atoms with Crippen LogP contribution in [-0.2, 0) is 6.42 Å². The Morgan fingerprint density at radius 2 is 1.76 bits per heavy atom. The lowest BCUT2D eigenvalue weighted by molar-refractivity contribution is 0.0993. The first-order valence-corrected chi connectivity index (χ1v) is 8.06. The van der Waals surface area contributed by atoms with Crippen molar-refractivity contribution in [3.8, 4) is 0 Å². The normalized spacial score (nSPS) is 10.8. The van der Waals surface area contributed by atoms with Crippen LogP contribution in [0.4, 0.5) is 0 Å². The van der Waals surface area contributed by atoms with E-state index in [0.717, 1.165) is 19.9 Å². The summed E-state index contributed by atoms with van der Waals surface area (Å²) in [5.41, 5.74) is 1.71. The maximum Gasteiger partial charge on any atom is 0.167 e. The molecule has 3 aromatic rings. The maximum atomic E-state index is 12.5. The molecule has 3 aromatic carbocycles. The molecule has 0 aliphatic carbocycles. The minimum Gasteiger partial charge on any atom is -0.294 e. The van der Waals surface area contributed by atoms with Gasteiger partial charge in [-0.05, 0) is 51.1 Å². The molecule has 0 N–H and O–H groups in total. The molecule has 0 radical (unpaired) electrons. The van der Waals surface area contributed by atoms with Crippen LogP contribution in [-0.4, -0.2) is 5.78 Å². The Labute approximate surface area is 142 Å². The summed E-state index contributed by atoms with van der Waals surface area (Å²) in [6.45, 7) is 0. The predicted octanol–water partition coefficient (Wildman–Crippen LogP) is 5.52. The van der Waals surface area contributed by atoms with Gasteiger partial charge >= 0.3 is 0 Å². The summed E-state index contributed by atoms with van der Waals surface area (Å²) >= 11 is 8.25. The van der Waals surface area contributed by atoms with Crippen molar-refractivity contribution in [2.75, 3.05) is 0 Å². The van der Waals surface area contributed by atoms with Gasteiger partial charge in [-0.25, -0.2) is 0 Å². The number of fused-ring (bicyclic) bond motifs is 1. The molecule has 104 valence electrons. The lowest BCUT2D eigenvalue weighted by atomic mass is 9.98. The topological polar surface area (TPSA) is 17.1 Å². The summed E-state index contributed by atoms with van der Waals surface area (Å²) in [6, 6.07) is 19.6. The Hall–Kier alpha value is -1.39. The average Bonchev–Trinajstić information content (AvgIpc) is 2.50. The van der Waals surface area contributed by atoms with Crippen LogP contribution >= 0.6 is 34.2 Å². The highest BCUT2D eigenvalue weighted by Crippen LogP contribution is 2.23. The third-order valence-electron chi connectivity index (χ3n) is 3.47. The third-order valence-corrected chi connectivity index (χ3v) is 5.04. The molecule has 0 unspecified atom stereocenters. The van der Waals surface area contributed by atoms with Gasteiger partial charge in [0.15, 0.2) is 5.78 Å². The van der Waals surface area contributed by atoms with Crippen molar-refractivity contribution in [3.05, 3.63) is 80.4 Å². The zero-order valence-corrected chi connectivity index (χ0v) is 14.1. The highest BCUT2D eigenvalue weighted by atomic mass is 127. The van der Waals surface area contributed by atoms with Crippen molar-refractivity contribution in [1.29, 1.82) is 0 Å². The number of carbonyl (C=O) groups excluding carboxylic acids is 1. The molecule has 0 atom stereocenters. The van der Waals surface area contributed by atoms with Crippen molar-refractivity contribution >= 4 is 50.7 Å². The number of benzene rings is 3. The Morgan fingerprint density at radius 1 is 1.00 bits per heavy atom. The summed E-state index contributed by atoms with van der Waals surface area (Å²) in [6.07, 6.45) is 0.387. The molecule has 0 aromatic heterocycles. The monoisotopic (exact) mass is 406 g/mol. The second-order valence-corrected chi connectivity index (χ2v) is 6.44. The Bertz CT molecular complexity index is 821. The van der Waals surface area contributed by atoms with Crippen LogP contribution in [0.25, 0.3) is 10.8 Å². The molecule has 0 saturated heterocycles. The molecule has 0 aliphatic rings. The second kappa shape index (κ2) is 6.16. The zero-order chi connectivity index (χ0) is 14.8. The molecule has 0 bridgehead atoms. The fourth-order valence-corrected chi connectivity index (χ4v) is 2.91. The summed E-state index contributed by atoms with van der Waals surface area (Å²) in [5, 5.41) is 2.91. The van der Waals surface area contributed by atoms with Gasteiger partial charge in [-0.2, -0.15) is 0 Å². The van der Waals surface area contributed by atoms with Gasteiger partial charge in [0.05, 0.1) is 5.02 Å². The van der Waals surface area contributed by atoms with Gasteiger partial charge in [0.1, 0.15) is 0 Å². The summed E-state index contributed by atoms with van der Waals surface area (Å²) < 4.78 is 0.955. The minimum atomic E-state index is 0.0876. The van der Waals surface area contributed by atoms with Gasteiger partial charge in [0.25, 0.3) is 0 Å². The molecule has 0 aliphatic heterocycles. The van der Waals surface area contributed by atoms with E-state index in [1.165, 1.54) is 0 Å². The highest BCUT2D eigenvalue weighted by molar-refractivity contribution is 14.1. The number of hydrogen-bond donors (Lipinski definition) is 0. The van der Waals surface area contributed by atoms with E-state index in [1.54, 1.807) is 6.07 Å². The van der Waals surface area contributed by atoms with Gasteiger partial charge in [-0.1, -0.05) is 60.1 Å². The van der Waals surface area contributed by atoms with Gasteiger partial charge in [0, 0.05) is 15.6 Å². The van der Waals surface area contributed by atoms with Crippen LogP contribution in [0.1, 0.15) is 15.9 Å². The van der Waals surface area contributed by atoms with Crippen LogP contribution in [0, 0.1) is 3.57 Å². The summed E-state index contributed by atoms with van der Waals surface area (Å²) in [5.74, 6) is 0.0876. The quantitative estimate of drug-likeness (QED) is 0.413. The first-order chi connectivity index (χ1) is 10.1. The van der Waals surface area contributed by atoms with Crippen molar-refractivity contribution in [2.45, 2.75) is 6.42 Å². The SMILES string of the molecule is O=C(Cc1cccc2ccccc12)c1ccc(I)c(Cl)c1. The molecule has 0 spiro atoms. The second-order valence-electron chi connectivity index (χ2n) is 4.87.